The summed E-state index contributed by atoms with van der Waals surface area (Å²) < 4.78 is 0. The summed E-state index contributed by atoms with van der Waals surface area (Å²) in [7, 11) is 0. The van der Waals surface area contributed by atoms with Crippen molar-refractivity contribution in [2.24, 2.45) is 5.92 Å². The van der Waals surface area contributed by atoms with Crippen LogP contribution in [0.25, 0.3) is 6.08 Å². The standard InChI is InChI=1S/C20H20BN/c1-2-7-17-14-19-18(13-16(17)6-1)10-12-22-20-8-4-3-5-15(20)9-11-21(19)22/h1-9,11,18-19H,10,12-14H2. The molecule has 2 atom stereocenters. The van der Waals surface area contributed by atoms with E-state index in [0.29, 0.717) is 6.85 Å². The molecule has 2 aromatic carbocycles. The lowest BCUT2D eigenvalue weighted by Gasteiger charge is -2.48. The summed E-state index contributed by atoms with van der Waals surface area (Å²) in [5.74, 6) is 4.09. The Morgan fingerprint density at radius 3 is 2.59 bits per heavy atom. The highest BCUT2D eigenvalue weighted by molar-refractivity contribution is 6.71. The number of para-hydroxylation sites is 1. The smallest absolute Gasteiger partial charge is 0.285 e. The van der Waals surface area contributed by atoms with E-state index in [4.69, 9.17) is 0 Å². The molecule has 0 spiro atoms. The maximum Gasteiger partial charge on any atom is 0.285 e. The average Bonchev–Trinajstić information content (AvgIpc) is 2.59. The molecule has 2 aliphatic heterocycles. The Morgan fingerprint density at radius 2 is 1.68 bits per heavy atom. The fraction of sp³-hybridized carbons (Fsp3) is 0.300. The third-order valence-corrected chi connectivity index (χ3v) is 5.92. The molecule has 1 fully saturated rings. The lowest BCUT2D eigenvalue weighted by atomic mass is 9.40. The number of hydrogen-bond donors (Lipinski definition) is 0. The fourth-order valence-electron chi connectivity index (χ4n) is 4.83. The van der Waals surface area contributed by atoms with Crippen LogP contribution in [0.15, 0.2) is 54.5 Å². The van der Waals surface area contributed by atoms with E-state index in [1.165, 1.54) is 37.1 Å². The van der Waals surface area contributed by atoms with Gasteiger partial charge in [0.2, 0.25) is 0 Å². The van der Waals surface area contributed by atoms with Crippen LogP contribution in [0.5, 0.6) is 0 Å². The van der Waals surface area contributed by atoms with E-state index >= 15 is 0 Å². The molecule has 1 nitrogen and oxygen atoms in total. The van der Waals surface area contributed by atoms with E-state index < -0.39 is 0 Å². The highest BCUT2D eigenvalue weighted by atomic mass is 15.1. The Balaban J connectivity index is 1.54. The number of rotatable bonds is 0. The first-order valence-corrected chi connectivity index (χ1v) is 8.51. The predicted molar refractivity (Wildman–Crippen MR) is 94.3 cm³/mol. The first kappa shape index (κ1) is 12.6. The highest BCUT2D eigenvalue weighted by Crippen LogP contribution is 2.45. The monoisotopic (exact) mass is 285 g/mol. The summed E-state index contributed by atoms with van der Waals surface area (Å²) in [5, 5.41) is 0. The van der Waals surface area contributed by atoms with Crippen LogP contribution >= 0.6 is 0 Å². The van der Waals surface area contributed by atoms with Crippen molar-refractivity contribution in [2.45, 2.75) is 25.1 Å². The zero-order valence-electron chi connectivity index (χ0n) is 12.8. The summed E-state index contributed by atoms with van der Waals surface area (Å²) in [5.41, 5.74) is 6.00. The maximum absolute atomic E-state index is 2.66. The van der Waals surface area contributed by atoms with E-state index in [1.807, 2.05) is 0 Å². The minimum absolute atomic E-state index is 0.585. The molecule has 2 unspecified atom stereocenters. The molecule has 2 heterocycles. The Morgan fingerprint density at radius 1 is 0.909 bits per heavy atom. The van der Waals surface area contributed by atoms with Gasteiger partial charge in [0.25, 0.3) is 6.85 Å². The van der Waals surface area contributed by atoms with E-state index in [2.05, 4.69) is 65.4 Å². The van der Waals surface area contributed by atoms with Crippen LogP contribution in [0.3, 0.4) is 0 Å². The third-order valence-electron chi connectivity index (χ3n) is 5.92. The van der Waals surface area contributed by atoms with Gasteiger partial charge in [-0.3, -0.25) is 0 Å². The van der Waals surface area contributed by atoms with Crippen LogP contribution in [-0.4, -0.2) is 13.4 Å². The van der Waals surface area contributed by atoms with Crippen molar-refractivity contribution in [3.05, 3.63) is 71.2 Å². The van der Waals surface area contributed by atoms with Crippen LogP contribution in [0, 0.1) is 5.92 Å². The summed E-state index contributed by atoms with van der Waals surface area (Å²) in [6.45, 7) is 1.79. The molecule has 0 radical (unpaired) electrons. The number of anilines is 1. The topological polar surface area (TPSA) is 3.24 Å². The van der Waals surface area contributed by atoms with Crippen molar-refractivity contribution < 1.29 is 0 Å². The molecule has 0 bridgehead atoms. The number of nitrogens with zero attached hydrogens (tertiary/aromatic N) is 1. The molecule has 1 aliphatic carbocycles. The summed E-state index contributed by atoms with van der Waals surface area (Å²) in [6.07, 6.45) is 6.20. The Bertz CT molecular complexity index is 751. The lowest BCUT2D eigenvalue weighted by molar-refractivity contribution is 0.408. The lowest BCUT2D eigenvalue weighted by Crippen LogP contribution is -2.52. The second-order valence-electron chi connectivity index (χ2n) is 6.99. The number of benzene rings is 2. The quantitative estimate of drug-likeness (QED) is 0.654. The number of hydrogen-bond acceptors (Lipinski definition) is 1. The molecule has 3 aliphatic rings. The first-order chi connectivity index (χ1) is 10.9. The van der Waals surface area contributed by atoms with Crippen molar-refractivity contribution in [2.75, 3.05) is 11.4 Å². The second-order valence-corrected chi connectivity index (χ2v) is 6.99. The molecule has 5 rings (SSSR count). The average molecular weight is 285 g/mol. The minimum Gasteiger partial charge on any atom is -0.410 e. The molecule has 1 saturated heterocycles. The summed E-state index contributed by atoms with van der Waals surface area (Å²) in [4.78, 5) is 2.66. The molecule has 0 N–H and O–H groups in total. The molecule has 0 saturated carbocycles. The van der Waals surface area contributed by atoms with Gasteiger partial charge in [-0.25, -0.2) is 0 Å². The van der Waals surface area contributed by atoms with Gasteiger partial charge in [-0.15, -0.1) is 0 Å². The van der Waals surface area contributed by atoms with Crippen molar-refractivity contribution >= 4 is 18.6 Å². The van der Waals surface area contributed by atoms with Crippen LogP contribution in [0.2, 0.25) is 5.82 Å². The van der Waals surface area contributed by atoms with E-state index in [0.717, 1.165) is 11.7 Å². The van der Waals surface area contributed by atoms with Gasteiger partial charge >= 0.3 is 0 Å². The minimum atomic E-state index is 0.585. The van der Waals surface area contributed by atoms with Crippen LogP contribution < -0.4 is 4.81 Å². The summed E-state index contributed by atoms with van der Waals surface area (Å²) in [6, 6.07) is 17.9. The molecule has 22 heavy (non-hydrogen) atoms. The third kappa shape index (κ3) is 1.79. The van der Waals surface area contributed by atoms with Gasteiger partial charge in [-0.05, 0) is 53.8 Å². The zero-order valence-corrected chi connectivity index (χ0v) is 12.8. The van der Waals surface area contributed by atoms with E-state index in [9.17, 15) is 0 Å². The van der Waals surface area contributed by atoms with Crippen LogP contribution in [0.4, 0.5) is 5.69 Å². The molecular weight excluding hydrogens is 265 g/mol. The highest BCUT2D eigenvalue weighted by Gasteiger charge is 2.43. The normalized spacial score (nSPS) is 25.1. The SMILES string of the molecule is C1=Cc2ccccc2N2CCC3Cc4ccccc4CC3B12. The Hall–Kier alpha value is -1.96. The molecular formula is C20H20BN. The van der Waals surface area contributed by atoms with Crippen molar-refractivity contribution in [3.8, 4) is 0 Å². The van der Waals surface area contributed by atoms with Crippen LogP contribution in [-0.2, 0) is 12.8 Å². The van der Waals surface area contributed by atoms with E-state index in [-0.39, 0.29) is 0 Å². The Labute approximate surface area is 132 Å². The Kier molecular flexibility index (Phi) is 2.73. The predicted octanol–water partition coefficient (Wildman–Crippen LogP) is 4.24. The van der Waals surface area contributed by atoms with Gasteiger partial charge < -0.3 is 4.81 Å². The van der Waals surface area contributed by atoms with Gasteiger partial charge in [-0.1, -0.05) is 54.5 Å². The molecule has 0 aromatic heterocycles. The maximum atomic E-state index is 2.66. The molecule has 108 valence electrons. The largest absolute Gasteiger partial charge is 0.410 e. The van der Waals surface area contributed by atoms with Crippen molar-refractivity contribution in [1.29, 1.82) is 0 Å². The molecule has 2 heteroatoms. The summed E-state index contributed by atoms with van der Waals surface area (Å²) >= 11 is 0. The van der Waals surface area contributed by atoms with Gasteiger partial charge in [0.05, 0.1) is 0 Å². The van der Waals surface area contributed by atoms with Crippen molar-refractivity contribution in [1.82, 2.24) is 0 Å². The fourth-order valence-corrected chi connectivity index (χ4v) is 4.83. The van der Waals surface area contributed by atoms with Crippen molar-refractivity contribution in [3.63, 3.8) is 0 Å². The number of fused-ring (bicyclic) bond motifs is 6. The second kappa shape index (κ2) is 4.77. The zero-order chi connectivity index (χ0) is 14.5. The van der Waals surface area contributed by atoms with Gasteiger partial charge in [0, 0.05) is 12.2 Å². The molecule has 2 aromatic rings. The first-order valence-electron chi connectivity index (χ1n) is 8.51. The molecule has 0 amide bonds. The van der Waals surface area contributed by atoms with Gasteiger partial charge in [0.1, 0.15) is 0 Å². The van der Waals surface area contributed by atoms with Gasteiger partial charge in [-0.2, -0.15) is 0 Å². The van der Waals surface area contributed by atoms with E-state index in [1.54, 1.807) is 11.1 Å². The van der Waals surface area contributed by atoms with Gasteiger partial charge in [0.15, 0.2) is 0 Å². The van der Waals surface area contributed by atoms with Crippen LogP contribution in [0.1, 0.15) is 23.1 Å².